The predicted octanol–water partition coefficient (Wildman–Crippen LogP) is 1.70. The van der Waals surface area contributed by atoms with E-state index in [1.165, 1.54) is 11.9 Å². The lowest BCUT2D eigenvalue weighted by atomic mass is 10.1. The smallest absolute Gasteiger partial charge is 0.361 e. The van der Waals surface area contributed by atoms with E-state index in [1.807, 2.05) is 37.3 Å². The molecule has 0 unspecified atom stereocenters. The summed E-state index contributed by atoms with van der Waals surface area (Å²) in [4.78, 5) is 40.9. The van der Waals surface area contributed by atoms with Crippen LogP contribution in [0.25, 0.3) is 11.1 Å². The third-order valence-electron chi connectivity index (χ3n) is 4.36. The van der Waals surface area contributed by atoms with Crippen molar-refractivity contribution in [2.24, 2.45) is 0 Å². The Balaban J connectivity index is 1.67. The molecule has 0 saturated carbocycles. The molecule has 9 heteroatoms. The minimum absolute atomic E-state index is 0.0687. The van der Waals surface area contributed by atoms with Crippen molar-refractivity contribution in [3.05, 3.63) is 58.3 Å². The van der Waals surface area contributed by atoms with Crippen molar-refractivity contribution in [3.8, 4) is 0 Å². The van der Waals surface area contributed by atoms with E-state index >= 15 is 0 Å². The van der Waals surface area contributed by atoms with Gasteiger partial charge >= 0.3 is 5.97 Å². The first kappa shape index (κ1) is 20.2. The number of aryl methyl sites for hydroxylation is 1. The van der Waals surface area contributed by atoms with Gasteiger partial charge < -0.3 is 14.6 Å². The summed E-state index contributed by atoms with van der Waals surface area (Å²) in [6.07, 6.45) is 2.79. The number of nitrogens with zero attached hydrogens (tertiary/aromatic N) is 3. The molecule has 152 valence electrons. The third-order valence-corrected chi connectivity index (χ3v) is 4.36. The van der Waals surface area contributed by atoms with Gasteiger partial charge in [0.05, 0.1) is 6.61 Å². The summed E-state index contributed by atoms with van der Waals surface area (Å²) in [5.74, 6) is -1.11. The van der Waals surface area contributed by atoms with Crippen LogP contribution in [0.15, 0.2) is 46.0 Å². The Hall–Kier alpha value is -3.49. The molecule has 1 atom stereocenters. The van der Waals surface area contributed by atoms with Crippen LogP contribution in [0.5, 0.6) is 0 Å². The molecule has 0 radical (unpaired) electrons. The second-order valence-corrected chi connectivity index (χ2v) is 6.60. The van der Waals surface area contributed by atoms with E-state index < -0.39 is 11.5 Å². The molecular formula is C20H22N4O5. The fourth-order valence-corrected chi connectivity index (χ4v) is 2.91. The van der Waals surface area contributed by atoms with Gasteiger partial charge in [-0.25, -0.2) is 9.78 Å². The molecular weight excluding hydrogens is 376 g/mol. The Kier molecular flexibility index (Phi) is 6.38. The molecule has 0 aliphatic rings. The first-order valence-corrected chi connectivity index (χ1v) is 9.34. The molecule has 0 spiro atoms. The second kappa shape index (κ2) is 9.13. The van der Waals surface area contributed by atoms with Crippen molar-refractivity contribution in [2.75, 3.05) is 6.61 Å². The number of rotatable bonds is 8. The van der Waals surface area contributed by atoms with E-state index in [1.54, 1.807) is 6.92 Å². The van der Waals surface area contributed by atoms with Crippen LogP contribution in [0.3, 0.4) is 0 Å². The lowest BCUT2D eigenvalue weighted by Gasteiger charge is -2.14. The molecule has 0 aliphatic heterocycles. The quantitative estimate of drug-likeness (QED) is 0.574. The molecule has 9 nitrogen and oxygen atoms in total. The molecule has 29 heavy (non-hydrogen) atoms. The number of hydrogen-bond donors (Lipinski definition) is 1. The predicted molar refractivity (Wildman–Crippen MR) is 104 cm³/mol. The Morgan fingerprint density at radius 2 is 2.03 bits per heavy atom. The number of hydrogen-bond acceptors (Lipinski definition) is 7. The van der Waals surface area contributed by atoms with E-state index in [2.05, 4.69) is 15.5 Å². The highest BCUT2D eigenvalue weighted by molar-refractivity contribution is 5.99. The molecule has 3 aromatic rings. The van der Waals surface area contributed by atoms with Gasteiger partial charge in [0.1, 0.15) is 18.3 Å². The van der Waals surface area contributed by atoms with Crippen LogP contribution < -0.4 is 10.9 Å². The summed E-state index contributed by atoms with van der Waals surface area (Å²) in [5.41, 5.74) is 0.279. The zero-order valence-corrected chi connectivity index (χ0v) is 16.3. The van der Waals surface area contributed by atoms with Crippen LogP contribution in [0.4, 0.5) is 0 Å². The van der Waals surface area contributed by atoms with Crippen LogP contribution >= 0.6 is 0 Å². The fourth-order valence-electron chi connectivity index (χ4n) is 2.91. The van der Waals surface area contributed by atoms with Crippen LogP contribution in [-0.4, -0.2) is 39.2 Å². The molecule has 1 amide bonds. The van der Waals surface area contributed by atoms with Crippen LogP contribution in [0.1, 0.15) is 36.3 Å². The number of benzene rings is 1. The summed E-state index contributed by atoms with van der Waals surface area (Å²) < 4.78 is 10.9. The monoisotopic (exact) mass is 398 g/mol. The number of fused-ring (bicyclic) bond motifs is 1. The fraction of sp³-hybridized carbons (Fsp3) is 0.350. The van der Waals surface area contributed by atoms with Gasteiger partial charge in [-0.1, -0.05) is 35.5 Å². The highest BCUT2D eigenvalue weighted by Crippen LogP contribution is 2.12. The summed E-state index contributed by atoms with van der Waals surface area (Å²) in [5, 5.41) is 6.34. The number of nitrogens with one attached hydrogen (secondary N) is 1. The van der Waals surface area contributed by atoms with Crippen LogP contribution in [0.2, 0.25) is 0 Å². The Morgan fingerprint density at radius 1 is 1.28 bits per heavy atom. The van der Waals surface area contributed by atoms with Crippen molar-refractivity contribution < 1.29 is 18.8 Å². The van der Waals surface area contributed by atoms with Gasteiger partial charge in [-0.3, -0.25) is 14.2 Å². The molecule has 0 bridgehead atoms. The third kappa shape index (κ3) is 4.87. The lowest BCUT2D eigenvalue weighted by molar-refractivity contribution is -0.122. The van der Waals surface area contributed by atoms with E-state index in [0.717, 1.165) is 17.4 Å². The largest absolute Gasteiger partial charge is 0.461 e. The molecule has 2 aromatic heterocycles. The van der Waals surface area contributed by atoms with Crippen molar-refractivity contribution in [1.82, 2.24) is 20.0 Å². The zero-order valence-electron chi connectivity index (χ0n) is 16.3. The van der Waals surface area contributed by atoms with Crippen molar-refractivity contribution >= 4 is 23.0 Å². The topological polar surface area (TPSA) is 116 Å². The Morgan fingerprint density at radius 3 is 2.76 bits per heavy atom. The summed E-state index contributed by atoms with van der Waals surface area (Å²) in [6, 6.07) is 9.91. The highest BCUT2D eigenvalue weighted by atomic mass is 16.5. The van der Waals surface area contributed by atoms with E-state index in [4.69, 9.17) is 9.26 Å². The van der Waals surface area contributed by atoms with Crippen molar-refractivity contribution in [1.29, 1.82) is 0 Å². The van der Waals surface area contributed by atoms with Gasteiger partial charge in [0.15, 0.2) is 0 Å². The molecule has 0 aliphatic carbocycles. The zero-order chi connectivity index (χ0) is 20.8. The molecule has 2 heterocycles. The summed E-state index contributed by atoms with van der Waals surface area (Å²) in [6.45, 7) is 3.44. The maximum Gasteiger partial charge on any atom is 0.361 e. The number of ether oxygens (including phenoxy) is 1. The van der Waals surface area contributed by atoms with E-state index in [0.29, 0.717) is 0 Å². The first-order chi connectivity index (χ1) is 14.0. The van der Waals surface area contributed by atoms with Gasteiger partial charge in [-0.2, -0.15) is 0 Å². The first-order valence-electron chi connectivity index (χ1n) is 9.34. The van der Waals surface area contributed by atoms with Gasteiger partial charge in [0.2, 0.25) is 11.6 Å². The van der Waals surface area contributed by atoms with Crippen molar-refractivity contribution in [3.63, 3.8) is 0 Å². The van der Waals surface area contributed by atoms with Gasteiger partial charge in [-0.15, -0.1) is 0 Å². The number of esters is 1. The maximum absolute atomic E-state index is 12.7. The molecule has 0 saturated heterocycles. The van der Waals surface area contributed by atoms with Crippen LogP contribution in [0, 0.1) is 0 Å². The minimum Gasteiger partial charge on any atom is -0.461 e. The standard InChI is InChI=1S/C20H22N4O5/c1-3-28-20(27)17-16-18(29-23-17)21-12-24(19(16)26)11-15(25)22-13(2)9-10-14-7-5-4-6-8-14/h4-8,12-13H,3,9-11H2,1-2H3,(H,22,25)/t13-/m0/s1. The minimum atomic E-state index is -0.776. The Labute approximate surface area is 166 Å². The molecule has 1 aromatic carbocycles. The van der Waals surface area contributed by atoms with Crippen molar-refractivity contribution in [2.45, 2.75) is 39.3 Å². The molecule has 1 N–H and O–H groups in total. The average molecular weight is 398 g/mol. The maximum atomic E-state index is 12.7. The highest BCUT2D eigenvalue weighted by Gasteiger charge is 2.23. The normalized spacial score (nSPS) is 11.9. The number of aromatic nitrogens is 3. The molecule has 3 rings (SSSR count). The number of carbonyl (C=O) groups is 2. The summed E-state index contributed by atoms with van der Waals surface area (Å²) in [7, 11) is 0. The summed E-state index contributed by atoms with van der Waals surface area (Å²) >= 11 is 0. The number of amides is 1. The van der Waals surface area contributed by atoms with Crippen LogP contribution in [-0.2, 0) is 22.5 Å². The van der Waals surface area contributed by atoms with E-state index in [-0.39, 0.29) is 41.9 Å². The van der Waals surface area contributed by atoms with Gasteiger partial charge in [0.25, 0.3) is 11.3 Å². The molecule has 0 fully saturated rings. The lowest BCUT2D eigenvalue weighted by Crippen LogP contribution is -2.37. The van der Waals surface area contributed by atoms with E-state index in [9.17, 15) is 14.4 Å². The van der Waals surface area contributed by atoms with Gasteiger partial charge in [-0.05, 0) is 32.3 Å². The average Bonchev–Trinajstić information content (AvgIpc) is 3.14. The van der Waals surface area contributed by atoms with Gasteiger partial charge in [0, 0.05) is 6.04 Å². The SMILES string of the molecule is CCOC(=O)c1noc2ncn(CC(=O)N[C@@H](C)CCc3ccccc3)c(=O)c12. The number of carbonyl (C=O) groups excluding carboxylic acids is 2. The Bertz CT molecular complexity index is 1060. The second-order valence-electron chi connectivity index (χ2n) is 6.60.